The maximum atomic E-state index is 6.35. The van der Waals surface area contributed by atoms with Gasteiger partial charge in [0.1, 0.15) is 10.6 Å². The van der Waals surface area contributed by atoms with Crippen LogP contribution in [-0.4, -0.2) is 22.6 Å². The van der Waals surface area contributed by atoms with E-state index in [9.17, 15) is 0 Å². The summed E-state index contributed by atoms with van der Waals surface area (Å²) in [6.07, 6.45) is 4.86. The highest BCUT2D eigenvalue weighted by molar-refractivity contribution is 7.19. The summed E-state index contributed by atoms with van der Waals surface area (Å²) in [5.41, 5.74) is 3.87. The lowest BCUT2D eigenvalue weighted by Crippen LogP contribution is -2.39. The third-order valence-electron chi connectivity index (χ3n) is 5.92. The summed E-state index contributed by atoms with van der Waals surface area (Å²) in [6.45, 7) is 9.96. The van der Waals surface area contributed by atoms with Gasteiger partial charge in [-0.3, -0.25) is 0 Å². The third-order valence-corrected chi connectivity index (χ3v) is 7.09. The lowest BCUT2D eigenvalue weighted by Gasteiger charge is -2.36. The molecule has 1 aliphatic rings. The number of thiophene rings is 1. The molecule has 1 unspecified atom stereocenters. The number of fused-ring (bicyclic) bond motifs is 1. The minimum Gasteiger partial charge on any atom is -0.353 e. The normalized spacial score (nSPS) is 17.6. The van der Waals surface area contributed by atoms with Gasteiger partial charge >= 0.3 is 0 Å². The van der Waals surface area contributed by atoms with E-state index in [1.54, 1.807) is 11.3 Å². The number of hydrogen-bond donors (Lipinski definition) is 0. The van der Waals surface area contributed by atoms with E-state index in [0.29, 0.717) is 17.2 Å². The Morgan fingerprint density at radius 1 is 1.18 bits per heavy atom. The average molecular weight is 414 g/mol. The molecule has 1 aliphatic heterocycles. The minimum atomic E-state index is 0.353. The van der Waals surface area contributed by atoms with Crippen LogP contribution in [0, 0.1) is 6.92 Å². The molecular formula is C23H28ClN3S. The zero-order valence-corrected chi connectivity index (χ0v) is 18.7. The molecule has 2 aromatic heterocycles. The van der Waals surface area contributed by atoms with E-state index in [1.807, 2.05) is 0 Å². The molecule has 28 heavy (non-hydrogen) atoms. The van der Waals surface area contributed by atoms with Gasteiger partial charge in [0, 0.05) is 23.0 Å². The largest absolute Gasteiger partial charge is 0.353 e. The Morgan fingerprint density at radius 3 is 2.61 bits per heavy atom. The van der Waals surface area contributed by atoms with Crippen molar-refractivity contribution in [2.45, 2.75) is 65.3 Å². The van der Waals surface area contributed by atoms with Crippen molar-refractivity contribution in [1.29, 1.82) is 0 Å². The van der Waals surface area contributed by atoms with Crippen molar-refractivity contribution in [3.05, 3.63) is 40.0 Å². The second-order valence-corrected chi connectivity index (χ2v) is 9.60. The molecule has 0 N–H and O–H groups in total. The van der Waals surface area contributed by atoms with Gasteiger partial charge in [0.05, 0.1) is 5.39 Å². The van der Waals surface area contributed by atoms with Crippen LogP contribution in [0.25, 0.3) is 21.3 Å². The van der Waals surface area contributed by atoms with E-state index in [1.165, 1.54) is 46.2 Å². The molecule has 5 heteroatoms. The van der Waals surface area contributed by atoms with Crippen molar-refractivity contribution in [2.75, 3.05) is 11.4 Å². The molecule has 1 aromatic carbocycles. The van der Waals surface area contributed by atoms with Gasteiger partial charge in [-0.1, -0.05) is 45.0 Å². The summed E-state index contributed by atoms with van der Waals surface area (Å²) in [7, 11) is 0. The second kappa shape index (κ2) is 8.00. The van der Waals surface area contributed by atoms with Crippen molar-refractivity contribution >= 4 is 39.0 Å². The lowest BCUT2D eigenvalue weighted by molar-refractivity contribution is 0.448. The highest BCUT2D eigenvalue weighted by Crippen LogP contribution is 2.43. The van der Waals surface area contributed by atoms with Crippen molar-refractivity contribution in [1.82, 2.24) is 9.97 Å². The SMILES string of the molecule is CCC1CCCCN1c1nc(Cl)nc2sc(C)c(-c3ccc(C(C)C)cc3)c12. The van der Waals surface area contributed by atoms with Crippen LogP contribution < -0.4 is 4.90 Å². The van der Waals surface area contributed by atoms with Gasteiger partial charge in [-0.2, -0.15) is 4.98 Å². The first-order valence-corrected chi connectivity index (χ1v) is 11.5. The van der Waals surface area contributed by atoms with Gasteiger partial charge in [0.25, 0.3) is 0 Å². The maximum Gasteiger partial charge on any atom is 0.225 e. The molecule has 0 saturated carbocycles. The van der Waals surface area contributed by atoms with Gasteiger partial charge in [-0.15, -0.1) is 11.3 Å². The fourth-order valence-electron chi connectivity index (χ4n) is 4.36. The standard InChI is InChI=1S/C23H28ClN3S/c1-5-18-8-6-7-13-27(18)21-20-19(15(4)28-22(20)26-23(24)25-21)17-11-9-16(10-12-17)14(2)3/h9-12,14,18H,5-8,13H2,1-4H3. The number of piperidine rings is 1. The van der Waals surface area contributed by atoms with Gasteiger partial charge in [0.2, 0.25) is 5.28 Å². The Bertz CT molecular complexity index is 978. The van der Waals surface area contributed by atoms with E-state index in [4.69, 9.17) is 16.6 Å². The van der Waals surface area contributed by atoms with Crippen LogP contribution in [0.15, 0.2) is 24.3 Å². The van der Waals surface area contributed by atoms with E-state index in [-0.39, 0.29) is 0 Å². The Hall–Kier alpha value is -1.65. The summed E-state index contributed by atoms with van der Waals surface area (Å²) in [5.74, 6) is 1.56. The minimum absolute atomic E-state index is 0.353. The molecular weight excluding hydrogens is 386 g/mol. The predicted octanol–water partition coefficient (Wildman–Crippen LogP) is 7.21. The highest BCUT2D eigenvalue weighted by Gasteiger charge is 2.27. The molecule has 3 aromatic rings. The van der Waals surface area contributed by atoms with E-state index in [0.717, 1.165) is 23.6 Å². The zero-order valence-electron chi connectivity index (χ0n) is 17.1. The van der Waals surface area contributed by atoms with Crippen molar-refractivity contribution < 1.29 is 0 Å². The molecule has 0 spiro atoms. The van der Waals surface area contributed by atoms with Crippen LogP contribution in [0.3, 0.4) is 0 Å². The van der Waals surface area contributed by atoms with Crippen LogP contribution in [0.2, 0.25) is 5.28 Å². The molecule has 0 aliphatic carbocycles. The average Bonchev–Trinajstić information content (AvgIpc) is 3.02. The molecule has 0 radical (unpaired) electrons. The maximum absolute atomic E-state index is 6.35. The molecule has 1 atom stereocenters. The predicted molar refractivity (Wildman–Crippen MR) is 122 cm³/mol. The first-order valence-electron chi connectivity index (χ1n) is 10.3. The fraction of sp³-hybridized carbons (Fsp3) is 0.478. The number of rotatable bonds is 4. The Kier molecular flexibility index (Phi) is 5.62. The summed E-state index contributed by atoms with van der Waals surface area (Å²) in [4.78, 5) is 14.1. The zero-order chi connectivity index (χ0) is 19.8. The van der Waals surface area contributed by atoms with Gasteiger partial charge in [-0.25, -0.2) is 4.98 Å². The van der Waals surface area contributed by atoms with E-state index < -0.39 is 0 Å². The highest BCUT2D eigenvalue weighted by atomic mass is 35.5. The fourth-order valence-corrected chi connectivity index (χ4v) is 5.62. The molecule has 0 bridgehead atoms. The number of aromatic nitrogens is 2. The van der Waals surface area contributed by atoms with Crippen molar-refractivity contribution in [2.24, 2.45) is 0 Å². The van der Waals surface area contributed by atoms with Crippen molar-refractivity contribution in [3.8, 4) is 11.1 Å². The number of nitrogens with zero attached hydrogens (tertiary/aromatic N) is 3. The second-order valence-electron chi connectivity index (χ2n) is 8.06. The number of anilines is 1. The summed E-state index contributed by atoms with van der Waals surface area (Å²) in [6, 6.07) is 9.51. The van der Waals surface area contributed by atoms with Crippen LogP contribution >= 0.6 is 22.9 Å². The third kappa shape index (κ3) is 3.53. The lowest BCUT2D eigenvalue weighted by atomic mass is 9.96. The number of hydrogen-bond acceptors (Lipinski definition) is 4. The Balaban J connectivity index is 1.91. The van der Waals surface area contributed by atoms with Crippen molar-refractivity contribution in [3.63, 3.8) is 0 Å². The first-order chi connectivity index (χ1) is 13.5. The summed E-state index contributed by atoms with van der Waals surface area (Å²) in [5, 5.41) is 1.52. The Labute approximate surface area is 176 Å². The van der Waals surface area contributed by atoms with E-state index in [2.05, 4.69) is 61.8 Å². The van der Waals surface area contributed by atoms with Crippen LogP contribution in [0.1, 0.15) is 62.8 Å². The molecule has 1 saturated heterocycles. The summed E-state index contributed by atoms with van der Waals surface area (Å²) < 4.78 is 0. The number of benzene rings is 1. The molecule has 4 rings (SSSR count). The topological polar surface area (TPSA) is 29.0 Å². The molecule has 1 fully saturated rings. The smallest absolute Gasteiger partial charge is 0.225 e. The van der Waals surface area contributed by atoms with Gasteiger partial charge < -0.3 is 4.90 Å². The van der Waals surface area contributed by atoms with E-state index >= 15 is 0 Å². The molecule has 3 nitrogen and oxygen atoms in total. The molecule has 3 heterocycles. The molecule has 0 amide bonds. The monoisotopic (exact) mass is 413 g/mol. The quantitative estimate of drug-likeness (QED) is 0.423. The molecule has 148 valence electrons. The first kappa shape index (κ1) is 19.7. The number of aryl methyl sites for hydroxylation is 1. The van der Waals surface area contributed by atoms with Crippen LogP contribution in [0.4, 0.5) is 5.82 Å². The Morgan fingerprint density at radius 2 is 1.93 bits per heavy atom. The van der Waals surface area contributed by atoms with Crippen LogP contribution in [0.5, 0.6) is 0 Å². The number of halogens is 1. The van der Waals surface area contributed by atoms with Gasteiger partial charge in [0.15, 0.2) is 0 Å². The summed E-state index contributed by atoms with van der Waals surface area (Å²) >= 11 is 8.08. The van der Waals surface area contributed by atoms with Gasteiger partial charge in [-0.05, 0) is 61.3 Å². The van der Waals surface area contributed by atoms with Crippen LogP contribution in [-0.2, 0) is 0 Å².